The fourth-order valence-corrected chi connectivity index (χ4v) is 0.663. The predicted molar refractivity (Wildman–Crippen MR) is 41.9 cm³/mol. The Morgan fingerprint density at radius 2 is 1.90 bits per heavy atom. The van der Waals surface area contributed by atoms with Gasteiger partial charge in [0.05, 0.1) is 5.69 Å². The van der Waals surface area contributed by atoms with E-state index in [0.717, 1.165) is 5.69 Å². The third-order valence-corrected chi connectivity index (χ3v) is 1.17. The second-order valence-electron chi connectivity index (χ2n) is 1.83. The molecule has 0 aliphatic heterocycles. The van der Waals surface area contributed by atoms with Crippen LogP contribution in [-0.4, -0.2) is 0 Å². The zero-order valence-corrected chi connectivity index (χ0v) is 5.49. The van der Waals surface area contributed by atoms with E-state index >= 15 is 0 Å². The van der Waals surface area contributed by atoms with Crippen LogP contribution in [0.5, 0.6) is 0 Å². The lowest BCUT2D eigenvalue weighted by Gasteiger charge is -2.08. The molecule has 0 saturated heterocycles. The van der Waals surface area contributed by atoms with E-state index in [1.54, 1.807) is 0 Å². The van der Waals surface area contributed by atoms with Gasteiger partial charge in [0, 0.05) is 6.04 Å². The SMILES string of the molecule is C#CN(N)c1ccccc1. The van der Waals surface area contributed by atoms with Crippen molar-refractivity contribution in [2.24, 2.45) is 5.84 Å². The third kappa shape index (κ3) is 1.28. The van der Waals surface area contributed by atoms with Crippen molar-refractivity contribution in [3.05, 3.63) is 30.3 Å². The van der Waals surface area contributed by atoms with Crippen molar-refractivity contribution in [3.63, 3.8) is 0 Å². The van der Waals surface area contributed by atoms with Crippen molar-refractivity contribution in [3.8, 4) is 12.5 Å². The molecule has 0 unspecified atom stereocenters. The normalized spacial score (nSPS) is 8.40. The average Bonchev–Trinajstić information content (AvgIpc) is 2.05. The maximum absolute atomic E-state index is 5.39. The summed E-state index contributed by atoms with van der Waals surface area (Å²) in [5.74, 6) is 5.39. The molecule has 0 spiro atoms. The van der Waals surface area contributed by atoms with E-state index in [9.17, 15) is 0 Å². The summed E-state index contributed by atoms with van der Waals surface area (Å²) in [6, 6.07) is 11.7. The van der Waals surface area contributed by atoms with Crippen LogP contribution >= 0.6 is 0 Å². The van der Waals surface area contributed by atoms with Gasteiger partial charge in [-0.15, -0.1) is 0 Å². The monoisotopic (exact) mass is 132 g/mol. The molecule has 0 aromatic heterocycles. The first kappa shape index (κ1) is 6.66. The van der Waals surface area contributed by atoms with Gasteiger partial charge in [-0.2, -0.15) is 0 Å². The number of nitrogens with zero attached hydrogens (tertiary/aromatic N) is 1. The van der Waals surface area contributed by atoms with E-state index in [-0.39, 0.29) is 0 Å². The Labute approximate surface area is 60.2 Å². The average molecular weight is 132 g/mol. The first-order valence-electron chi connectivity index (χ1n) is 2.90. The first-order chi connectivity index (χ1) is 4.84. The molecule has 0 aliphatic carbocycles. The number of benzene rings is 1. The van der Waals surface area contributed by atoms with Crippen molar-refractivity contribution < 1.29 is 0 Å². The van der Waals surface area contributed by atoms with Crippen molar-refractivity contribution in [1.29, 1.82) is 0 Å². The van der Waals surface area contributed by atoms with Crippen LogP contribution < -0.4 is 10.9 Å². The van der Waals surface area contributed by atoms with Crippen LogP contribution in [0.2, 0.25) is 0 Å². The Bertz CT molecular complexity index is 235. The molecule has 0 aliphatic rings. The van der Waals surface area contributed by atoms with Gasteiger partial charge in [-0.3, -0.25) is 0 Å². The maximum Gasteiger partial charge on any atom is 0.0666 e. The Morgan fingerprint density at radius 1 is 1.30 bits per heavy atom. The molecule has 0 radical (unpaired) electrons. The zero-order valence-electron chi connectivity index (χ0n) is 5.49. The van der Waals surface area contributed by atoms with Crippen molar-refractivity contribution in [2.45, 2.75) is 0 Å². The van der Waals surface area contributed by atoms with Gasteiger partial charge < -0.3 is 0 Å². The van der Waals surface area contributed by atoms with Gasteiger partial charge in [-0.25, -0.2) is 10.9 Å². The molecule has 0 bridgehead atoms. The number of para-hydroxylation sites is 1. The summed E-state index contributed by atoms with van der Waals surface area (Å²) in [6.07, 6.45) is 5.05. The lowest BCUT2D eigenvalue weighted by molar-refractivity contribution is 1.12. The summed E-state index contributed by atoms with van der Waals surface area (Å²) >= 11 is 0. The van der Waals surface area contributed by atoms with Crippen LogP contribution in [0.4, 0.5) is 5.69 Å². The van der Waals surface area contributed by atoms with Gasteiger partial charge in [0.25, 0.3) is 0 Å². The zero-order chi connectivity index (χ0) is 7.40. The highest BCUT2D eigenvalue weighted by atomic mass is 15.4. The van der Waals surface area contributed by atoms with Gasteiger partial charge >= 0.3 is 0 Å². The van der Waals surface area contributed by atoms with Crippen LogP contribution in [0.3, 0.4) is 0 Å². The van der Waals surface area contributed by atoms with Gasteiger partial charge in [0.1, 0.15) is 0 Å². The van der Waals surface area contributed by atoms with E-state index in [4.69, 9.17) is 12.3 Å². The summed E-state index contributed by atoms with van der Waals surface area (Å²) in [7, 11) is 0. The summed E-state index contributed by atoms with van der Waals surface area (Å²) in [5.41, 5.74) is 0.824. The molecular formula is C8H8N2. The summed E-state index contributed by atoms with van der Waals surface area (Å²) < 4.78 is 0. The molecule has 1 rings (SSSR count). The highest BCUT2D eigenvalue weighted by Gasteiger charge is 1.91. The van der Waals surface area contributed by atoms with E-state index in [0.29, 0.717) is 0 Å². The molecule has 2 heteroatoms. The number of anilines is 1. The number of rotatable bonds is 1. The largest absolute Gasteiger partial charge is 0.237 e. The third-order valence-electron chi connectivity index (χ3n) is 1.17. The van der Waals surface area contributed by atoms with Crippen molar-refractivity contribution in [2.75, 3.05) is 5.01 Å². The smallest absolute Gasteiger partial charge is 0.0666 e. The molecule has 2 N–H and O–H groups in total. The number of nitrogens with two attached hydrogens (primary N) is 1. The van der Waals surface area contributed by atoms with E-state index < -0.39 is 0 Å². The Kier molecular flexibility index (Phi) is 1.93. The minimum atomic E-state index is 0.824. The summed E-state index contributed by atoms with van der Waals surface area (Å²) in [4.78, 5) is 0. The van der Waals surface area contributed by atoms with E-state index in [2.05, 4.69) is 6.04 Å². The molecule has 1 aromatic rings. The topological polar surface area (TPSA) is 29.3 Å². The standard InChI is InChI=1S/C8H8N2/c1-2-10(9)8-6-4-3-5-7-8/h1,3-7H,9H2. The lowest BCUT2D eigenvalue weighted by Crippen LogP contribution is -2.24. The Balaban J connectivity index is 2.88. The van der Waals surface area contributed by atoms with E-state index in [1.165, 1.54) is 5.01 Å². The van der Waals surface area contributed by atoms with Crippen LogP contribution in [-0.2, 0) is 0 Å². The van der Waals surface area contributed by atoms with Crippen LogP contribution in [0.25, 0.3) is 0 Å². The molecule has 1 aromatic carbocycles. The summed E-state index contributed by atoms with van der Waals surface area (Å²) in [5, 5.41) is 1.24. The Hall–Kier alpha value is -1.46. The fraction of sp³-hybridized carbons (Fsp3) is 0. The molecule has 0 amide bonds. The van der Waals surface area contributed by atoms with E-state index in [1.807, 2.05) is 30.3 Å². The second-order valence-corrected chi connectivity index (χ2v) is 1.83. The Morgan fingerprint density at radius 3 is 2.40 bits per heavy atom. The molecule has 0 saturated carbocycles. The number of hydrogen-bond donors (Lipinski definition) is 1. The fourth-order valence-electron chi connectivity index (χ4n) is 0.663. The number of hydrazine groups is 1. The minimum Gasteiger partial charge on any atom is -0.237 e. The molecular weight excluding hydrogens is 124 g/mol. The molecule has 0 atom stereocenters. The van der Waals surface area contributed by atoms with Crippen molar-refractivity contribution in [1.82, 2.24) is 0 Å². The number of terminal acetylenes is 1. The molecule has 50 valence electrons. The number of hydrogen-bond acceptors (Lipinski definition) is 2. The van der Waals surface area contributed by atoms with Gasteiger partial charge in [0.15, 0.2) is 0 Å². The quantitative estimate of drug-likeness (QED) is 0.267. The predicted octanol–water partition coefficient (Wildman–Crippen LogP) is 0.957. The maximum atomic E-state index is 5.39. The van der Waals surface area contributed by atoms with Gasteiger partial charge in [0.2, 0.25) is 0 Å². The highest BCUT2D eigenvalue weighted by Crippen LogP contribution is 2.06. The van der Waals surface area contributed by atoms with Crippen LogP contribution in [0.15, 0.2) is 30.3 Å². The van der Waals surface area contributed by atoms with Crippen LogP contribution in [0, 0.1) is 12.5 Å². The lowest BCUT2D eigenvalue weighted by atomic mass is 10.3. The summed E-state index contributed by atoms with van der Waals surface area (Å²) in [6.45, 7) is 0. The van der Waals surface area contributed by atoms with Gasteiger partial charge in [-0.05, 0) is 12.1 Å². The van der Waals surface area contributed by atoms with Crippen molar-refractivity contribution >= 4 is 5.69 Å². The van der Waals surface area contributed by atoms with Gasteiger partial charge in [-0.1, -0.05) is 24.6 Å². The molecule has 0 fully saturated rings. The molecule has 2 nitrogen and oxygen atoms in total. The minimum absolute atomic E-state index is 0.824. The molecule has 10 heavy (non-hydrogen) atoms. The first-order valence-corrected chi connectivity index (χ1v) is 2.90. The highest BCUT2D eigenvalue weighted by molar-refractivity contribution is 5.48. The van der Waals surface area contributed by atoms with Crippen LogP contribution in [0.1, 0.15) is 0 Å². The second kappa shape index (κ2) is 2.90. The molecule has 0 heterocycles.